The topological polar surface area (TPSA) is 28.2 Å². The summed E-state index contributed by atoms with van der Waals surface area (Å²) < 4.78 is 0. The van der Waals surface area contributed by atoms with Crippen LogP contribution in [0.2, 0.25) is 0 Å². The van der Waals surface area contributed by atoms with E-state index in [1.807, 2.05) is 12.4 Å². The molecule has 3 aromatic rings. The quantitative estimate of drug-likeness (QED) is 0.801. The number of hydrogen-bond acceptors (Lipinski definition) is 3. The molecule has 0 aliphatic carbocycles. The molecular weight excluding hydrogens is 294 g/mol. The van der Waals surface area contributed by atoms with Crippen LogP contribution in [0.15, 0.2) is 60.9 Å². The second-order valence-electron chi connectivity index (χ2n) is 6.53. The first kappa shape index (κ1) is 15.3. The van der Waals surface area contributed by atoms with Crippen molar-refractivity contribution in [2.24, 2.45) is 0 Å². The Morgan fingerprint density at radius 3 is 2.67 bits per heavy atom. The molecular formula is C21H23N3. The van der Waals surface area contributed by atoms with Gasteiger partial charge in [-0.15, -0.1) is 0 Å². The number of fused-ring (bicyclic) bond motifs is 1. The molecule has 1 aromatic heterocycles. The van der Waals surface area contributed by atoms with Gasteiger partial charge in [-0.3, -0.25) is 9.88 Å². The molecule has 0 spiro atoms. The summed E-state index contributed by atoms with van der Waals surface area (Å²) in [4.78, 5) is 6.83. The van der Waals surface area contributed by atoms with Crippen molar-refractivity contribution in [3.05, 3.63) is 77.6 Å². The third-order valence-electron chi connectivity index (χ3n) is 4.98. The molecule has 2 heterocycles. The number of pyridine rings is 1. The molecule has 1 unspecified atom stereocenters. The molecule has 1 fully saturated rings. The predicted octanol–water partition coefficient (Wildman–Crippen LogP) is 3.54. The third-order valence-corrected chi connectivity index (χ3v) is 4.98. The molecule has 0 saturated carbocycles. The van der Waals surface area contributed by atoms with Gasteiger partial charge in [-0.25, -0.2) is 0 Å². The van der Waals surface area contributed by atoms with Crippen molar-refractivity contribution in [2.75, 3.05) is 26.2 Å². The lowest BCUT2D eigenvalue weighted by Gasteiger charge is -2.36. The number of nitrogens with one attached hydrogen (secondary N) is 1. The van der Waals surface area contributed by atoms with Crippen LogP contribution in [-0.2, 0) is 0 Å². The summed E-state index contributed by atoms with van der Waals surface area (Å²) in [6.45, 7) is 6.48. The lowest BCUT2D eigenvalue weighted by atomic mass is 9.92. The molecule has 1 N–H and O–H groups in total. The number of nitrogens with zero attached hydrogens (tertiary/aromatic N) is 2. The van der Waals surface area contributed by atoms with Crippen LogP contribution in [0.5, 0.6) is 0 Å². The summed E-state index contributed by atoms with van der Waals surface area (Å²) in [6, 6.07) is 18.0. The van der Waals surface area contributed by atoms with Gasteiger partial charge in [0.1, 0.15) is 0 Å². The summed E-state index contributed by atoms with van der Waals surface area (Å²) in [7, 11) is 0. The highest BCUT2D eigenvalue weighted by atomic mass is 15.2. The second kappa shape index (κ2) is 6.71. The highest BCUT2D eigenvalue weighted by Crippen LogP contribution is 2.32. The largest absolute Gasteiger partial charge is 0.314 e. The lowest BCUT2D eigenvalue weighted by Crippen LogP contribution is -2.45. The van der Waals surface area contributed by atoms with Crippen molar-refractivity contribution in [1.29, 1.82) is 0 Å². The van der Waals surface area contributed by atoms with Crippen molar-refractivity contribution in [2.45, 2.75) is 13.0 Å². The van der Waals surface area contributed by atoms with Gasteiger partial charge in [0.15, 0.2) is 0 Å². The molecule has 0 bridgehead atoms. The molecule has 1 aliphatic rings. The van der Waals surface area contributed by atoms with Crippen LogP contribution >= 0.6 is 0 Å². The van der Waals surface area contributed by atoms with E-state index in [4.69, 9.17) is 0 Å². The van der Waals surface area contributed by atoms with Gasteiger partial charge in [0.25, 0.3) is 0 Å². The van der Waals surface area contributed by atoms with Crippen molar-refractivity contribution >= 4 is 10.8 Å². The molecule has 4 rings (SSSR count). The summed E-state index contributed by atoms with van der Waals surface area (Å²) in [5, 5.41) is 5.93. The lowest BCUT2D eigenvalue weighted by molar-refractivity contribution is 0.198. The zero-order valence-electron chi connectivity index (χ0n) is 14.1. The van der Waals surface area contributed by atoms with Crippen LogP contribution in [0.1, 0.15) is 22.7 Å². The van der Waals surface area contributed by atoms with E-state index in [1.54, 1.807) is 0 Å². The normalized spacial score (nSPS) is 17.0. The Balaban J connectivity index is 1.82. The van der Waals surface area contributed by atoms with E-state index >= 15 is 0 Å². The van der Waals surface area contributed by atoms with Crippen molar-refractivity contribution < 1.29 is 0 Å². The first-order valence-corrected chi connectivity index (χ1v) is 8.67. The highest BCUT2D eigenvalue weighted by molar-refractivity contribution is 5.82. The average Bonchev–Trinajstić information content (AvgIpc) is 2.64. The maximum Gasteiger partial charge on any atom is 0.0605 e. The standard InChI is InChI=1S/C21H23N3/c1-16-4-2-3-5-20(16)21(24-12-10-22-11-13-24)18-6-7-19-15-23-9-8-17(19)14-18/h2-9,14-15,21-22H,10-13H2,1H3. The molecule has 2 aromatic carbocycles. The minimum absolute atomic E-state index is 0.311. The van der Waals surface area contributed by atoms with Gasteiger partial charge in [0, 0.05) is 44.0 Å². The Bertz CT molecular complexity index is 837. The van der Waals surface area contributed by atoms with E-state index in [0.29, 0.717) is 6.04 Å². The zero-order valence-corrected chi connectivity index (χ0v) is 14.1. The van der Waals surface area contributed by atoms with Crippen molar-refractivity contribution in [3.8, 4) is 0 Å². The molecule has 1 saturated heterocycles. The number of rotatable bonds is 3. The van der Waals surface area contributed by atoms with Crippen LogP contribution in [0, 0.1) is 6.92 Å². The monoisotopic (exact) mass is 317 g/mol. The van der Waals surface area contributed by atoms with Gasteiger partial charge in [0.05, 0.1) is 6.04 Å². The first-order valence-electron chi connectivity index (χ1n) is 8.67. The molecule has 0 amide bonds. The SMILES string of the molecule is Cc1ccccc1C(c1ccc2cnccc2c1)N1CCNCC1. The number of benzene rings is 2. The van der Waals surface area contributed by atoms with Crippen LogP contribution in [0.4, 0.5) is 0 Å². The summed E-state index contributed by atoms with van der Waals surface area (Å²) in [5.74, 6) is 0. The molecule has 24 heavy (non-hydrogen) atoms. The van der Waals surface area contributed by atoms with E-state index in [9.17, 15) is 0 Å². The smallest absolute Gasteiger partial charge is 0.0605 e. The fraction of sp³-hybridized carbons (Fsp3) is 0.286. The average molecular weight is 317 g/mol. The van der Waals surface area contributed by atoms with Gasteiger partial charge in [-0.05, 0) is 41.1 Å². The molecule has 122 valence electrons. The van der Waals surface area contributed by atoms with Gasteiger partial charge < -0.3 is 5.32 Å². The maximum atomic E-state index is 4.23. The Hall–Kier alpha value is -2.23. The number of aryl methyl sites for hydroxylation is 1. The fourth-order valence-corrected chi connectivity index (χ4v) is 3.69. The van der Waals surface area contributed by atoms with Gasteiger partial charge in [-0.1, -0.05) is 36.4 Å². The van der Waals surface area contributed by atoms with Crippen molar-refractivity contribution in [1.82, 2.24) is 15.2 Å². The van der Waals surface area contributed by atoms with Gasteiger partial charge in [-0.2, -0.15) is 0 Å². The van der Waals surface area contributed by atoms with Crippen LogP contribution < -0.4 is 5.32 Å². The molecule has 0 radical (unpaired) electrons. The highest BCUT2D eigenvalue weighted by Gasteiger charge is 2.25. The van der Waals surface area contributed by atoms with Crippen LogP contribution in [0.25, 0.3) is 10.8 Å². The predicted molar refractivity (Wildman–Crippen MR) is 99.2 cm³/mol. The molecule has 1 atom stereocenters. The molecule has 3 nitrogen and oxygen atoms in total. The van der Waals surface area contributed by atoms with E-state index in [-0.39, 0.29) is 0 Å². The fourth-order valence-electron chi connectivity index (χ4n) is 3.69. The summed E-state index contributed by atoms with van der Waals surface area (Å²) >= 11 is 0. The van der Waals surface area contributed by atoms with Crippen LogP contribution in [0.3, 0.4) is 0 Å². The second-order valence-corrected chi connectivity index (χ2v) is 6.53. The van der Waals surface area contributed by atoms with Gasteiger partial charge in [0.2, 0.25) is 0 Å². The van der Waals surface area contributed by atoms with E-state index in [0.717, 1.165) is 26.2 Å². The van der Waals surface area contributed by atoms with Gasteiger partial charge >= 0.3 is 0 Å². The Kier molecular flexibility index (Phi) is 4.28. The van der Waals surface area contributed by atoms with Crippen LogP contribution in [-0.4, -0.2) is 36.1 Å². The minimum atomic E-state index is 0.311. The molecule has 3 heteroatoms. The first-order chi connectivity index (χ1) is 11.8. The van der Waals surface area contributed by atoms with E-state index in [2.05, 4.69) is 70.7 Å². The van der Waals surface area contributed by atoms with E-state index in [1.165, 1.54) is 27.5 Å². The zero-order chi connectivity index (χ0) is 16.4. The molecule has 1 aliphatic heterocycles. The number of piperazine rings is 1. The van der Waals surface area contributed by atoms with Crippen molar-refractivity contribution in [3.63, 3.8) is 0 Å². The minimum Gasteiger partial charge on any atom is -0.314 e. The Labute approximate surface area is 143 Å². The summed E-state index contributed by atoms with van der Waals surface area (Å²) in [5.41, 5.74) is 4.13. The third kappa shape index (κ3) is 2.93. The number of hydrogen-bond donors (Lipinski definition) is 1. The summed E-state index contributed by atoms with van der Waals surface area (Å²) in [6.07, 6.45) is 3.81. The maximum absolute atomic E-state index is 4.23. The van der Waals surface area contributed by atoms with E-state index < -0.39 is 0 Å². The Morgan fingerprint density at radius 2 is 1.83 bits per heavy atom. The Morgan fingerprint density at radius 1 is 1.00 bits per heavy atom. The number of aromatic nitrogens is 1.